The third kappa shape index (κ3) is 2.85. The lowest BCUT2D eigenvalue weighted by Gasteiger charge is -2.08. The van der Waals surface area contributed by atoms with Crippen LogP contribution in [0.5, 0.6) is 0 Å². The van der Waals surface area contributed by atoms with E-state index in [1.165, 1.54) is 43.4 Å². The lowest BCUT2D eigenvalue weighted by molar-refractivity contribution is 0.0962. The number of amides is 1. The molecule has 0 fully saturated rings. The molecular formula is C15H13NO4S. The van der Waals surface area contributed by atoms with Gasteiger partial charge in [0.05, 0.1) is 9.79 Å². The number of aldehydes is 1. The van der Waals surface area contributed by atoms with E-state index < -0.39 is 9.84 Å². The number of carbonyl (C=O) groups excluding carboxylic acids is 2. The Morgan fingerprint density at radius 2 is 1.81 bits per heavy atom. The van der Waals surface area contributed by atoms with E-state index in [1.807, 2.05) is 0 Å². The summed E-state index contributed by atoms with van der Waals surface area (Å²) in [5.74, 6) is -0.379. The summed E-state index contributed by atoms with van der Waals surface area (Å²) >= 11 is 0. The number of hydrogen-bond donors (Lipinski definition) is 1. The molecule has 0 radical (unpaired) electrons. The summed E-state index contributed by atoms with van der Waals surface area (Å²) in [5, 5.41) is 2.43. The summed E-state index contributed by atoms with van der Waals surface area (Å²) in [4.78, 5) is 22.5. The van der Waals surface area contributed by atoms with E-state index in [1.54, 1.807) is 12.1 Å². The molecule has 0 heterocycles. The van der Waals surface area contributed by atoms with Gasteiger partial charge in [-0.3, -0.25) is 9.59 Å². The molecule has 108 valence electrons. The maximum absolute atomic E-state index is 12.6. The molecule has 0 saturated heterocycles. The minimum atomic E-state index is -3.86. The van der Waals surface area contributed by atoms with Crippen LogP contribution in [0.15, 0.2) is 58.3 Å². The molecule has 0 spiro atoms. The van der Waals surface area contributed by atoms with E-state index >= 15 is 0 Å². The highest BCUT2D eigenvalue weighted by Gasteiger charge is 2.21. The zero-order chi connectivity index (χ0) is 15.5. The quantitative estimate of drug-likeness (QED) is 0.872. The maximum atomic E-state index is 12.6. The van der Waals surface area contributed by atoms with Crippen LogP contribution in [0.1, 0.15) is 20.7 Å². The molecule has 0 bridgehead atoms. The summed E-state index contributed by atoms with van der Waals surface area (Å²) < 4.78 is 25.2. The molecular weight excluding hydrogens is 290 g/mol. The number of nitrogens with one attached hydrogen (secondary N) is 1. The maximum Gasteiger partial charge on any atom is 0.251 e. The minimum Gasteiger partial charge on any atom is -0.355 e. The third-order valence-corrected chi connectivity index (χ3v) is 4.79. The van der Waals surface area contributed by atoms with Gasteiger partial charge in [0.1, 0.15) is 0 Å². The van der Waals surface area contributed by atoms with Crippen molar-refractivity contribution in [1.29, 1.82) is 0 Å². The normalized spacial score (nSPS) is 10.9. The number of carbonyl (C=O) groups is 2. The Morgan fingerprint density at radius 3 is 2.48 bits per heavy atom. The van der Waals surface area contributed by atoms with Gasteiger partial charge in [-0.1, -0.05) is 24.3 Å². The van der Waals surface area contributed by atoms with Crippen LogP contribution in [0.25, 0.3) is 0 Å². The highest BCUT2D eigenvalue weighted by molar-refractivity contribution is 7.91. The van der Waals surface area contributed by atoms with Crippen LogP contribution in [-0.4, -0.2) is 27.7 Å². The first-order valence-corrected chi connectivity index (χ1v) is 7.60. The predicted molar refractivity (Wildman–Crippen MR) is 77.1 cm³/mol. The summed E-state index contributed by atoms with van der Waals surface area (Å²) in [6.45, 7) is 0. The smallest absolute Gasteiger partial charge is 0.251 e. The summed E-state index contributed by atoms with van der Waals surface area (Å²) in [5.41, 5.74) is 0.324. The van der Waals surface area contributed by atoms with Gasteiger partial charge in [-0.2, -0.15) is 0 Å². The third-order valence-electron chi connectivity index (χ3n) is 2.97. The molecule has 21 heavy (non-hydrogen) atoms. The molecule has 2 aromatic rings. The Morgan fingerprint density at radius 1 is 1.10 bits per heavy atom. The first-order chi connectivity index (χ1) is 10.0. The summed E-state index contributed by atoms with van der Waals surface area (Å²) in [6, 6.07) is 11.6. The topological polar surface area (TPSA) is 80.3 Å². The van der Waals surface area contributed by atoms with E-state index in [4.69, 9.17) is 0 Å². The fraction of sp³-hybridized carbons (Fsp3) is 0.0667. The Hall–Kier alpha value is -2.47. The summed E-state index contributed by atoms with van der Waals surface area (Å²) in [7, 11) is -2.39. The lowest BCUT2D eigenvalue weighted by Crippen LogP contribution is -2.18. The van der Waals surface area contributed by atoms with Crippen molar-refractivity contribution in [2.75, 3.05) is 7.05 Å². The van der Waals surface area contributed by atoms with E-state index in [2.05, 4.69) is 5.32 Å². The first kappa shape index (κ1) is 14.9. The van der Waals surface area contributed by atoms with E-state index in [0.717, 1.165) is 0 Å². The fourth-order valence-corrected chi connectivity index (χ4v) is 3.38. The highest BCUT2D eigenvalue weighted by Crippen LogP contribution is 2.24. The molecule has 0 aromatic heterocycles. The molecule has 5 nitrogen and oxygen atoms in total. The molecule has 0 aliphatic heterocycles. The zero-order valence-corrected chi connectivity index (χ0v) is 12.1. The second-order valence-electron chi connectivity index (χ2n) is 4.27. The van der Waals surface area contributed by atoms with Crippen molar-refractivity contribution in [1.82, 2.24) is 5.32 Å². The Balaban J connectivity index is 2.59. The molecule has 0 atom stereocenters. The molecule has 0 aliphatic carbocycles. The van der Waals surface area contributed by atoms with Gasteiger partial charge in [0.15, 0.2) is 6.29 Å². The second-order valence-corrected chi connectivity index (χ2v) is 6.18. The van der Waals surface area contributed by atoms with E-state index in [9.17, 15) is 18.0 Å². The van der Waals surface area contributed by atoms with Crippen molar-refractivity contribution in [3.63, 3.8) is 0 Å². The van der Waals surface area contributed by atoms with Crippen molar-refractivity contribution in [2.45, 2.75) is 9.79 Å². The van der Waals surface area contributed by atoms with Gasteiger partial charge >= 0.3 is 0 Å². The van der Waals surface area contributed by atoms with Crippen LogP contribution >= 0.6 is 0 Å². The van der Waals surface area contributed by atoms with Crippen molar-refractivity contribution in [2.24, 2.45) is 0 Å². The molecule has 6 heteroatoms. The first-order valence-electron chi connectivity index (χ1n) is 6.12. The fourth-order valence-electron chi connectivity index (χ4n) is 1.90. The van der Waals surface area contributed by atoms with E-state index in [-0.39, 0.29) is 26.8 Å². The Bertz CT molecular complexity index is 797. The molecule has 0 unspecified atom stereocenters. The van der Waals surface area contributed by atoms with Crippen LogP contribution in [-0.2, 0) is 9.84 Å². The molecule has 2 rings (SSSR count). The van der Waals surface area contributed by atoms with Crippen LogP contribution in [0.4, 0.5) is 0 Å². The van der Waals surface area contributed by atoms with Gasteiger partial charge in [-0.15, -0.1) is 0 Å². The van der Waals surface area contributed by atoms with Crippen LogP contribution in [0.2, 0.25) is 0 Å². The Kier molecular flexibility index (Phi) is 4.18. The number of hydrogen-bond acceptors (Lipinski definition) is 4. The van der Waals surface area contributed by atoms with Gasteiger partial charge in [0.25, 0.3) is 5.91 Å². The second kappa shape index (κ2) is 5.88. The van der Waals surface area contributed by atoms with Crippen LogP contribution < -0.4 is 5.32 Å². The minimum absolute atomic E-state index is 0.0297. The molecule has 0 aliphatic rings. The monoisotopic (exact) mass is 303 g/mol. The van der Waals surface area contributed by atoms with Crippen molar-refractivity contribution in [3.05, 3.63) is 59.7 Å². The predicted octanol–water partition coefficient (Wildman–Crippen LogP) is 1.69. The van der Waals surface area contributed by atoms with Crippen LogP contribution in [0.3, 0.4) is 0 Å². The number of sulfone groups is 1. The SMILES string of the molecule is CNC(=O)c1cccc(S(=O)(=O)c2ccccc2C=O)c1. The molecule has 1 amide bonds. The van der Waals surface area contributed by atoms with Gasteiger partial charge < -0.3 is 5.32 Å². The summed E-state index contributed by atoms with van der Waals surface area (Å²) in [6.07, 6.45) is 0.496. The lowest BCUT2D eigenvalue weighted by atomic mass is 10.2. The Labute approximate surface area is 122 Å². The van der Waals surface area contributed by atoms with Gasteiger partial charge in [0.2, 0.25) is 9.84 Å². The average Bonchev–Trinajstić information content (AvgIpc) is 2.54. The van der Waals surface area contributed by atoms with Gasteiger partial charge in [0, 0.05) is 18.2 Å². The average molecular weight is 303 g/mol. The van der Waals surface area contributed by atoms with Crippen molar-refractivity contribution < 1.29 is 18.0 Å². The zero-order valence-electron chi connectivity index (χ0n) is 11.2. The van der Waals surface area contributed by atoms with Crippen molar-refractivity contribution >= 4 is 22.0 Å². The largest absolute Gasteiger partial charge is 0.355 e. The van der Waals surface area contributed by atoms with E-state index in [0.29, 0.717) is 6.29 Å². The van der Waals surface area contributed by atoms with Crippen LogP contribution in [0, 0.1) is 0 Å². The number of benzene rings is 2. The molecule has 1 N–H and O–H groups in total. The molecule has 0 saturated carbocycles. The standard InChI is InChI=1S/C15H13NO4S/c1-16-15(18)11-6-4-7-13(9-11)21(19,20)14-8-3-2-5-12(14)10-17/h2-10H,1H3,(H,16,18). The highest BCUT2D eigenvalue weighted by atomic mass is 32.2. The number of rotatable bonds is 4. The van der Waals surface area contributed by atoms with Crippen molar-refractivity contribution in [3.8, 4) is 0 Å². The molecule has 2 aromatic carbocycles. The van der Waals surface area contributed by atoms with Gasteiger partial charge in [-0.05, 0) is 24.3 Å². The van der Waals surface area contributed by atoms with Gasteiger partial charge in [-0.25, -0.2) is 8.42 Å².